The molecule has 2 aromatic heterocycles. The minimum atomic E-state index is -0.420. The molecule has 29 heavy (non-hydrogen) atoms. The van der Waals surface area contributed by atoms with Crippen molar-refractivity contribution in [2.24, 2.45) is 0 Å². The average molecular weight is 389 g/mol. The van der Waals surface area contributed by atoms with Crippen molar-refractivity contribution >= 4 is 22.7 Å². The second kappa shape index (κ2) is 8.02. The first-order chi connectivity index (χ1) is 14.1. The van der Waals surface area contributed by atoms with Gasteiger partial charge in [0.05, 0.1) is 12.7 Å². The number of nitrogens with one attached hydrogen (secondary N) is 1. The van der Waals surface area contributed by atoms with Crippen molar-refractivity contribution in [1.29, 1.82) is 0 Å². The number of hydrogen-bond acceptors (Lipinski definition) is 5. The van der Waals surface area contributed by atoms with Crippen LogP contribution in [0.2, 0.25) is 0 Å². The maximum atomic E-state index is 12.3. The summed E-state index contributed by atoms with van der Waals surface area (Å²) in [6.07, 6.45) is 1.63. The van der Waals surface area contributed by atoms with Gasteiger partial charge in [-0.1, -0.05) is 30.3 Å². The summed E-state index contributed by atoms with van der Waals surface area (Å²) in [4.78, 5) is 23.9. The Balaban J connectivity index is 1.40. The first-order valence-corrected chi connectivity index (χ1v) is 9.11. The Hall–Kier alpha value is -3.87. The number of rotatable bonds is 6. The van der Waals surface area contributed by atoms with Gasteiger partial charge in [0.2, 0.25) is 0 Å². The summed E-state index contributed by atoms with van der Waals surface area (Å²) in [6, 6.07) is 18.2. The second-order valence-electron chi connectivity index (χ2n) is 6.60. The summed E-state index contributed by atoms with van der Waals surface area (Å²) in [5, 5.41) is 7.88. The first kappa shape index (κ1) is 18.5. The highest BCUT2D eigenvalue weighted by atomic mass is 16.5. The molecule has 0 aliphatic rings. The second-order valence-corrected chi connectivity index (χ2v) is 6.60. The number of aryl methyl sites for hydroxylation is 1. The largest absolute Gasteiger partial charge is 0.484 e. The predicted molar refractivity (Wildman–Crippen MR) is 109 cm³/mol. The minimum absolute atomic E-state index is 0.182. The number of aromatic nitrogens is 2. The average Bonchev–Trinajstić information content (AvgIpc) is 3.13. The van der Waals surface area contributed by atoms with Gasteiger partial charge in [-0.2, -0.15) is 5.10 Å². The molecule has 0 aliphatic heterocycles. The van der Waals surface area contributed by atoms with Gasteiger partial charge in [0.1, 0.15) is 17.2 Å². The van der Waals surface area contributed by atoms with Crippen molar-refractivity contribution in [3.63, 3.8) is 0 Å². The fourth-order valence-electron chi connectivity index (χ4n) is 3.04. The lowest BCUT2D eigenvalue weighted by Gasteiger charge is -2.10. The Bertz CT molecular complexity index is 1210. The van der Waals surface area contributed by atoms with Crippen LogP contribution in [0.4, 0.5) is 5.82 Å². The first-order valence-electron chi connectivity index (χ1n) is 9.11. The Morgan fingerprint density at radius 3 is 2.79 bits per heavy atom. The topological polar surface area (TPSA) is 86.4 Å². The standard InChI is InChI=1S/C22H19N3O4/c1-15-11-22(27)29-19-12-17(7-8-18(15)19)28-14-21(26)24-20-9-10-23-25(20)13-16-5-3-2-4-6-16/h2-12H,13-14H2,1H3,(H,24,26). The van der Waals surface area contributed by atoms with Crippen LogP contribution in [0.3, 0.4) is 0 Å². The Morgan fingerprint density at radius 2 is 1.97 bits per heavy atom. The van der Waals surface area contributed by atoms with Crippen LogP contribution in [-0.4, -0.2) is 22.3 Å². The monoisotopic (exact) mass is 389 g/mol. The molecule has 0 aliphatic carbocycles. The molecule has 7 heteroatoms. The van der Waals surface area contributed by atoms with Crippen LogP contribution < -0.4 is 15.7 Å². The van der Waals surface area contributed by atoms with E-state index in [2.05, 4.69) is 10.4 Å². The third-order valence-corrected chi connectivity index (χ3v) is 4.45. The third-order valence-electron chi connectivity index (χ3n) is 4.45. The molecule has 2 aromatic carbocycles. The van der Waals surface area contributed by atoms with E-state index in [4.69, 9.17) is 9.15 Å². The van der Waals surface area contributed by atoms with E-state index in [-0.39, 0.29) is 12.5 Å². The summed E-state index contributed by atoms with van der Waals surface area (Å²) >= 11 is 0. The lowest BCUT2D eigenvalue weighted by molar-refractivity contribution is -0.118. The van der Waals surface area contributed by atoms with Crippen LogP contribution in [-0.2, 0) is 11.3 Å². The maximum absolute atomic E-state index is 12.3. The van der Waals surface area contributed by atoms with E-state index in [0.29, 0.717) is 23.7 Å². The fraction of sp³-hybridized carbons (Fsp3) is 0.136. The predicted octanol–water partition coefficient (Wildman–Crippen LogP) is 3.36. The van der Waals surface area contributed by atoms with Gasteiger partial charge in [-0.15, -0.1) is 0 Å². The highest BCUT2D eigenvalue weighted by molar-refractivity contribution is 5.91. The van der Waals surface area contributed by atoms with E-state index in [1.165, 1.54) is 6.07 Å². The molecule has 0 bridgehead atoms. The molecule has 0 saturated carbocycles. The quantitative estimate of drug-likeness (QED) is 0.511. The van der Waals surface area contributed by atoms with E-state index in [1.54, 1.807) is 35.1 Å². The lowest BCUT2D eigenvalue weighted by Crippen LogP contribution is -2.22. The SMILES string of the molecule is Cc1cc(=O)oc2cc(OCC(=O)Nc3ccnn3Cc3ccccc3)ccc12. The molecule has 0 radical (unpaired) electrons. The molecule has 146 valence electrons. The van der Waals surface area contributed by atoms with E-state index in [1.807, 2.05) is 37.3 Å². The van der Waals surface area contributed by atoms with Crippen molar-refractivity contribution < 1.29 is 13.9 Å². The van der Waals surface area contributed by atoms with Crippen LogP contribution in [0.1, 0.15) is 11.1 Å². The number of benzene rings is 2. The van der Waals surface area contributed by atoms with Gasteiger partial charge in [-0.05, 0) is 30.2 Å². The van der Waals surface area contributed by atoms with Gasteiger partial charge in [0, 0.05) is 23.6 Å². The molecule has 2 heterocycles. The molecule has 0 atom stereocenters. The summed E-state index contributed by atoms with van der Waals surface area (Å²) in [5.41, 5.74) is 1.91. The zero-order valence-electron chi connectivity index (χ0n) is 15.8. The lowest BCUT2D eigenvalue weighted by atomic mass is 10.1. The van der Waals surface area contributed by atoms with Gasteiger partial charge in [-0.25, -0.2) is 9.48 Å². The van der Waals surface area contributed by atoms with E-state index in [0.717, 1.165) is 16.5 Å². The Morgan fingerprint density at radius 1 is 1.14 bits per heavy atom. The number of hydrogen-bond donors (Lipinski definition) is 1. The highest BCUT2D eigenvalue weighted by Crippen LogP contribution is 2.22. The van der Waals surface area contributed by atoms with Crippen molar-refractivity contribution in [3.05, 3.63) is 88.4 Å². The number of ether oxygens (including phenoxy) is 1. The Kier molecular flexibility index (Phi) is 5.11. The van der Waals surface area contributed by atoms with Gasteiger partial charge in [0.25, 0.3) is 5.91 Å². The van der Waals surface area contributed by atoms with E-state index < -0.39 is 5.63 Å². The molecular weight excluding hydrogens is 370 g/mol. The number of amides is 1. The number of carbonyl (C=O) groups is 1. The molecular formula is C22H19N3O4. The van der Waals surface area contributed by atoms with Crippen LogP contribution in [0.25, 0.3) is 11.0 Å². The van der Waals surface area contributed by atoms with Crippen LogP contribution >= 0.6 is 0 Å². The van der Waals surface area contributed by atoms with Crippen molar-refractivity contribution in [3.8, 4) is 5.75 Å². The van der Waals surface area contributed by atoms with Gasteiger partial charge < -0.3 is 14.5 Å². The maximum Gasteiger partial charge on any atom is 0.336 e. The highest BCUT2D eigenvalue weighted by Gasteiger charge is 2.10. The molecule has 4 aromatic rings. The Labute approximate surface area is 166 Å². The van der Waals surface area contributed by atoms with Crippen molar-refractivity contribution in [1.82, 2.24) is 9.78 Å². The summed E-state index contributed by atoms with van der Waals surface area (Å²) in [5.74, 6) is 0.715. The third kappa shape index (κ3) is 4.35. The summed E-state index contributed by atoms with van der Waals surface area (Å²) in [7, 11) is 0. The van der Waals surface area contributed by atoms with E-state index >= 15 is 0 Å². The van der Waals surface area contributed by atoms with Crippen molar-refractivity contribution in [2.75, 3.05) is 11.9 Å². The smallest absolute Gasteiger partial charge is 0.336 e. The van der Waals surface area contributed by atoms with Gasteiger partial charge in [-0.3, -0.25) is 4.79 Å². The normalized spacial score (nSPS) is 10.8. The molecule has 0 saturated heterocycles. The molecule has 0 fully saturated rings. The number of fused-ring (bicyclic) bond motifs is 1. The van der Waals surface area contributed by atoms with Crippen LogP contribution in [0, 0.1) is 6.92 Å². The number of anilines is 1. The molecule has 1 amide bonds. The number of nitrogens with zero attached hydrogens (tertiary/aromatic N) is 2. The zero-order chi connectivity index (χ0) is 20.2. The summed E-state index contributed by atoms with van der Waals surface area (Å²) < 4.78 is 12.5. The molecule has 0 spiro atoms. The minimum Gasteiger partial charge on any atom is -0.484 e. The van der Waals surface area contributed by atoms with Crippen LogP contribution in [0.5, 0.6) is 5.75 Å². The molecule has 4 rings (SSSR count). The van der Waals surface area contributed by atoms with Gasteiger partial charge >= 0.3 is 5.63 Å². The molecule has 1 N–H and O–H groups in total. The van der Waals surface area contributed by atoms with Crippen molar-refractivity contribution in [2.45, 2.75) is 13.5 Å². The molecule has 7 nitrogen and oxygen atoms in total. The molecule has 0 unspecified atom stereocenters. The fourth-order valence-corrected chi connectivity index (χ4v) is 3.04. The zero-order valence-corrected chi connectivity index (χ0v) is 15.8. The summed E-state index contributed by atoms with van der Waals surface area (Å²) in [6.45, 7) is 2.21. The van der Waals surface area contributed by atoms with Crippen LogP contribution in [0.15, 0.2) is 76.1 Å². The van der Waals surface area contributed by atoms with E-state index in [9.17, 15) is 9.59 Å². The number of carbonyl (C=O) groups excluding carboxylic acids is 1. The van der Waals surface area contributed by atoms with Gasteiger partial charge in [0.15, 0.2) is 6.61 Å².